The summed E-state index contributed by atoms with van der Waals surface area (Å²) in [6.07, 6.45) is 0.485. The molecule has 0 spiro atoms. The van der Waals surface area contributed by atoms with Crippen LogP contribution in [0.4, 0.5) is 9.18 Å². The number of halogens is 2. The van der Waals surface area contributed by atoms with Crippen LogP contribution in [0.25, 0.3) is 11.0 Å². The number of amides is 1. The molecule has 0 N–H and O–H groups in total. The Morgan fingerprint density at radius 2 is 2.08 bits per heavy atom. The van der Waals surface area contributed by atoms with E-state index in [-0.39, 0.29) is 23.9 Å². The van der Waals surface area contributed by atoms with Gasteiger partial charge in [-0.25, -0.2) is 14.2 Å². The predicted octanol–water partition coefficient (Wildman–Crippen LogP) is 5.24. The molecule has 1 aromatic heterocycles. The topological polar surface area (TPSA) is 47.4 Å². The number of hydrogen-bond donors (Lipinski definition) is 0. The molecule has 0 saturated carbocycles. The van der Waals surface area contributed by atoms with Gasteiger partial charge in [0.2, 0.25) is 0 Å². The van der Waals surface area contributed by atoms with Crippen molar-refractivity contribution < 1.29 is 13.9 Å². The standard InChI is InChI=1S/C19H25BrFN3O2/c1-11(2)24-15-9-13(20)8-14(21)16(15)22-17(24)12-6-7-23(10-12)18(25)26-19(3,4)5/h8-9,11-12H,6-7,10H2,1-5H3/t12-/m1/s1. The zero-order valence-corrected chi connectivity index (χ0v) is 17.4. The van der Waals surface area contributed by atoms with E-state index in [0.29, 0.717) is 23.1 Å². The van der Waals surface area contributed by atoms with E-state index >= 15 is 0 Å². The smallest absolute Gasteiger partial charge is 0.410 e. The summed E-state index contributed by atoms with van der Waals surface area (Å²) in [6.45, 7) is 10.8. The van der Waals surface area contributed by atoms with Gasteiger partial charge < -0.3 is 14.2 Å². The Hall–Kier alpha value is -1.63. The van der Waals surface area contributed by atoms with Crippen LogP contribution >= 0.6 is 15.9 Å². The summed E-state index contributed by atoms with van der Waals surface area (Å²) in [4.78, 5) is 18.7. The van der Waals surface area contributed by atoms with E-state index in [9.17, 15) is 9.18 Å². The summed E-state index contributed by atoms with van der Waals surface area (Å²) in [5, 5.41) is 0. The molecule has 26 heavy (non-hydrogen) atoms. The molecular formula is C19H25BrFN3O2. The Balaban J connectivity index is 1.93. The average Bonchev–Trinajstić information content (AvgIpc) is 3.08. The van der Waals surface area contributed by atoms with E-state index in [1.54, 1.807) is 4.90 Å². The number of fused-ring (bicyclic) bond motifs is 1. The van der Waals surface area contributed by atoms with Crippen molar-refractivity contribution in [3.63, 3.8) is 0 Å². The molecule has 5 nitrogen and oxygen atoms in total. The Kier molecular flexibility index (Phi) is 5.03. The van der Waals surface area contributed by atoms with E-state index < -0.39 is 5.60 Å². The van der Waals surface area contributed by atoms with Crippen LogP contribution < -0.4 is 0 Å². The molecule has 1 amide bonds. The van der Waals surface area contributed by atoms with Crippen molar-refractivity contribution in [1.82, 2.24) is 14.5 Å². The van der Waals surface area contributed by atoms with E-state index in [1.807, 2.05) is 26.8 Å². The summed E-state index contributed by atoms with van der Waals surface area (Å²) in [7, 11) is 0. The van der Waals surface area contributed by atoms with Crippen LogP contribution in [0.3, 0.4) is 0 Å². The third-order valence-corrected chi connectivity index (χ3v) is 4.92. The minimum atomic E-state index is -0.518. The van der Waals surface area contributed by atoms with Gasteiger partial charge in [-0.3, -0.25) is 0 Å². The quantitative estimate of drug-likeness (QED) is 0.660. The molecule has 0 aliphatic carbocycles. The van der Waals surface area contributed by atoms with Crippen LogP contribution in [-0.2, 0) is 4.74 Å². The first-order valence-electron chi connectivity index (χ1n) is 8.91. The molecule has 0 radical (unpaired) electrons. The maximum absolute atomic E-state index is 14.4. The third-order valence-electron chi connectivity index (χ3n) is 4.46. The van der Waals surface area contributed by atoms with Crippen molar-refractivity contribution in [2.75, 3.05) is 13.1 Å². The number of aromatic nitrogens is 2. The van der Waals surface area contributed by atoms with Crippen LogP contribution in [-0.4, -0.2) is 39.2 Å². The van der Waals surface area contributed by atoms with Gasteiger partial charge in [0.25, 0.3) is 0 Å². The minimum absolute atomic E-state index is 0.0653. The van der Waals surface area contributed by atoms with Gasteiger partial charge >= 0.3 is 6.09 Å². The third kappa shape index (κ3) is 3.72. The highest BCUT2D eigenvalue weighted by atomic mass is 79.9. The van der Waals surface area contributed by atoms with Gasteiger partial charge in [-0.1, -0.05) is 15.9 Å². The summed E-state index contributed by atoms with van der Waals surface area (Å²) in [5.41, 5.74) is 0.639. The number of nitrogens with zero attached hydrogens (tertiary/aromatic N) is 3. The second-order valence-corrected chi connectivity index (χ2v) is 9.02. The van der Waals surface area contributed by atoms with E-state index in [4.69, 9.17) is 4.74 Å². The van der Waals surface area contributed by atoms with Crippen LogP contribution in [0, 0.1) is 5.82 Å². The Morgan fingerprint density at radius 3 is 2.69 bits per heavy atom. The van der Waals surface area contributed by atoms with Gasteiger partial charge in [0.15, 0.2) is 5.82 Å². The number of carbonyl (C=O) groups excluding carboxylic acids is 1. The number of hydrogen-bond acceptors (Lipinski definition) is 3. The number of likely N-dealkylation sites (tertiary alicyclic amines) is 1. The van der Waals surface area contributed by atoms with Crippen molar-refractivity contribution in [1.29, 1.82) is 0 Å². The second kappa shape index (κ2) is 6.83. The summed E-state index contributed by atoms with van der Waals surface area (Å²) in [6, 6.07) is 3.47. The van der Waals surface area contributed by atoms with Gasteiger partial charge in [0.1, 0.15) is 16.9 Å². The van der Waals surface area contributed by atoms with Crippen LogP contribution in [0.5, 0.6) is 0 Å². The molecule has 1 aliphatic heterocycles. The fraction of sp³-hybridized carbons (Fsp3) is 0.579. The molecular weight excluding hydrogens is 401 g/mol. The molecule has 2 heterocycles. The number of imidazole rings is 1. The van der Waals surface area contributed by atoms with Gasteiger partial charge in [0, 0.05) is 29.5 Å². The number of benzene rings is 1. The fourth-order valence-electron chi connectivity index (χ4n) is 3.43. The zero-order chi connectivity index (χ0) is 19.2. The first kappa shape index (κ1) is 19.1. The van der Waals surface area contributed by atoms with E-state index in [0.717, 1.165) is 17.8 Å². The molecule has 3 rings (SSSR count). The molecule has 7 heteroatoms. The lowest BCUT2D eigenvalue weighted by molar-refractivity contribution is 0.0292. The summed E-state index contributed by atoms with van der Waals surface area (Å²) < 4.78 is 22.6. The van der Waals surface area contributed by atoms with Gasteiger partial charge in [-0.05, 0) is 53.2 Å². The lowest BCUT2D eigenvalue weighted by Gasteiger charge is -2.24. The maximum atomic E-state index is 14.4. The molecule has 2 aromatic rings. The highest BCUT2D eigenvalue weighted by Crippen LogP contribution is 2.34. The largest absolute Gasteiger partial charge is 0.444 e. The van der Waals surface area contributed by atoms with Crippen molar-refractivity contribution in [2.45, 2.75) is 58.6 Å². The van der Waals surface area contributed by atoms with Crippen molar-refractivity contribution >= 4 is 33.1 Å². The SMILES string of the molecule is CC(C)n1c([C@@H]2CCN(C(=O)OC(C)(C)C)C2)nc2c(F)cc(Br)cc21. The number of ether oxygens (including phenoxy) is 1. The Morgan fingerprint density at radius 1 is 1.38 bits per heavy atom. The van der Waals surface area contributed by atoms with Crippen LogP contribution in [0.1, 0.15) is 58.8 Å². The minimum Gasteiger partial charge on any atom is -0.444 e. The van der Waals surface area contributed by atoms with Crippen molar-refractivity contribution in [3.05, 3.63) is 28.2 Å². The fourth-order valence-corrected chi connectivity index (χ4v) is 3.85. The van der Waals surface area contributed by atoms with Crippen LogP contribution in [0.15, 0.2) is 16.6 Å². The molecule has 0 unspecified atom stereocenters. The predicted molar refractivity (Wildman–Crippen MR) is 103 cm³/mol. The molecule has 1 fully saturated rings. The second-order valence-electron chi connectivity index (χ2n) is 8.10. The zero-order valence-electron chi connectivity index (χ0n) is 15.8. The van der Waals surface area contributed by atoms with Gasteiger partial charge in [-0.15, -0.1) is 0 Å². The van der Waals surface area contributed by atoms with Gasteiger partial charge in [-0.2, -0.15) is 0 Å². The van der Waals surface area contributed by atoms with Crippen LogP contribution in [0.2, 0.25) is 0 Å². The number of carbonyl (C=O) groups is 1. The molecule has 1 aliphatic rings. The summed E-state index contributed by atoms with van der Waals surface area (Å²) in [5.74, 6) is 0.561. The molecule has 0 bridgehead atoms. The highest BCUT2D eigenvalue weighted by Gasteiger charge is 2.34. The van der Waals surface area contributed by atoms with E-state index in [1.165, 1.54) is 6.07 Å². The van der Waals surface area contributed by atoms with Crippen molar-refractivity contribution in [2.24, 2.45) is 0 Å². The molecule has 142 valence electrons. The Labute approximate surface area is 161 Å². The lowest BCUT2D eigenvalue weighted by Crippen LogP contribution is -2.35. The first-order chi connectivity index (χ1) is 12.1. The maximum Gasteiger partial charge on any atom is 0.410 e. The first-order valence-corrected chi connectivity index (χ1v) is 9.71. The van der Waals surface area contributed by atoms with Crippen molar-refractivity contribution in [3.8, 4) is 0 Å². The molecule has 1 aromatic carbocycles. The highest BCUT2D eigenvalue weighted by molar-refractivity contribution is 9.10. The lowest BCUT2D eigenvalue weighted by atomic mass is 10.1. The monoisotopic (exact) mass is 425 g/mol. The summed E-state index contributed by atoms with van der Waals surface area (Å²) >= 11 is 3.37. The Bertz CT molecular complexity index is 841. The van der Waals surface area contributed by atoms with Gasteiger partial charge in [0.05, 0.1) is 5.52 Å². The average molecular weight is 426 g/mol. The number of rotatable bonds is 2. The van der Waals surface area contributed by atoms with E-state index in [2.05, 4.69) is 39.3 Å². The molecule has 1 saturated heterocycles. The molecule has 1 atom stereocenters. The normalized spacial score (nSPS) is 18.2.